The first kappa shape index (κ1) is 40.8. The van der Waals surface area contributed by atoms with Crippen LogP contribution in [-0.4, -0.2) is 87.5 Å². The molecule has 0 saturated carbocycles. The second kappa shape index (κ2) is 17.1. The van der Waals surface area contributed by atoms with E-state index in [2.05, 4.69) is 10.3 Å². The van der Waals surface area contributed by atoms with Crippen molar-refractivity contribution in [1.82, 2.24) is 20.1 Å². The number of thiophene rings is 1. The largest absolute Gasteiger partial charge is 0.399 e. The number of hydrogen-bond acceptors (Lipinski definition) is 8. The Morgan fingerprint density at radius 2 is 1.77 bits per heavy atom. The highest BCUT2D eigenvalue weighted by Crippen LogP contribution is 2.59. The van der Waals surface area contributed by atoms with Gasteiger partial charge in [0, 0.05) is 66.7 Å². The normalized spacial score (nSPS) is 15.1. The average molecular weight is 824 g/mol. The van der Waals surface area contributed by atoms with Gasteiger partial charge in [0.15, 0.2) is 0 Å². The molecule has 0 bridgehead atoms. The zero-order chi connectivity index (χ0) is 40.2. The summed E-state index contributed by atoms with van der Waals surface area (Å²) in [5.74, 6) is -1.63. The lowest BCUT2D eigenvalue weighted by molar-refractivity contribution is -0.139. The first-order valence-electron chi connectivity index (χ1n) is 17.8. The van der Waals surface area contributed by atoms with E-state index in [-0.39, 0.29) is 48.0 Å². The van der Waals surface area contributed by atoms with Gasteiger partial charge in [0.25, 0.3) is 5.91 Å². The molecule has 3 heterocycles. The predicted molar refractivity (Wildman–Crippen MR) is 212 cm³/mol. The topological polar surface area (TPSA) is 160 Å². The molecular formula is C39H40F2N5O7PS2. The standard InChI is InChI=1S/C39H40F2N5O7PS2/c1-44(2)34(47)18-21-45(29-14-11-26(12-15-29)36-42-19-22-55-36)38(50)31-9-6-20-46(31)37(49)30(16-10-25-7-4-3-5-8-25)43-35(48)33-24-27-23-28(13-17-32(27)56-33)39(40,41)54(51,52)53/h3-5,7-8,11-15,17,19,22-24,30-31H,6,9-10,16,18,20-21H2,1-2H3,(H,43,48)(H2,51,52,53)/t30?,31-/m0/s1. The van der Waals surface area contributed by atoms with Crippen LogP contribution in [0.3, 0.4) is 0 Å². The lowest BCUT2D eigenvalue weighted by Crippen LogP contribution is -2.54. The summed E-state index contributed by atoms with van der Waals surface area (Å²) in [5, 5.41) is 5.69. The van der Waals surface area contributed by atoms with Gasteiger partial charge in [0.1, 0.15) is 17.1 Å². The number of nitrogens with zero attached hydrogens (tertiary/aromatic N) is 4. The van der Waals surface area contributed by atoms with Gasteiger partial charge in [-0.05, 0) is 79.1 Å². The second-order valence-electron chi connectivity index (χ2n) is 13.6. The van der Waals surface area contributed by atoms with Gasteiger partial charge in [-0.25, -0.2) is 4.98 Å². The molecule has 1 fully saturated rings. The Balaban J connectivity index is 1.26. The molecule has 1 unspecified atom stereocenters. The molecule has 1 aliphatic rings. The number of benzene rings is 3. The lowest BCUT2D eigenvalue weighted by Gasteiger charge is -2.33. The van der Waals surface area contributed by atoms with Crippen molar-refractivity contribution in [3.05, 3.63) is 106 Å². The minimum atomic E-state index is -5.81. The van der Waals surface area contributed by atoms with E-state index < -0.39 is 42.7 Å². The van der Waals surface area contributed by atoms with Crippen LogP contribution in [-0.2, 0) is 31.0 Å². The van der Waals surface area contributed by atoms with E-state index in [0.29, 0.717) is 29.6 Å². The fraction of sp³-hybridized carbons (Fsp3) is 0.308. The van der Waals surface area contributed by atoms with Gasteiger partial charge in [-0.15, -0.1) is 22.7 Å². The van der Waals surface area contributed by atoms with Crippen LogP contribution in [0.5, 0.6) is 0 Å². The summed E-state index contributed by atoms with van der Waals surface area (Å²) in [6.45, 7) is 0.340. The molecule has 3 N–H and O–H groups in total. The van der Waals surface area contributed by atoms with Crippen LogP contribution in [0.15, 0.2) is 90.4 Å². The number of alkyl halides is 2. The number of halogens is 2. The number of aromatic nitrogens is 1. The minimum Gasteiger partial charge on any atom is -0.349 e. The van der Waals surface area contributed by atoms with E-state index in [9.17, 15) is 42.3 Å². The van der Waals surface area contributed by atoms with Crippen LogP contribution in [0, 0.1) is 0 Å². The Morgan fingerprint density at radius 3 is 2.43 bits per heavy atom. The van der Waals surface area contributed by atoms with Crippen LogP contribution in [0.4, 0.5) is 14.5 Å². The van der Waals surface area contributed by atoms with Crippen LogP contribution in [0.2, 0.25) is 0 Å². The summed E-state index contributed by atoms with van der Waals surface area (Å²) in [6.07, 6.45) is 3.27. The zero-order valence-corrected chi connectivity index (χ0v) is 33.0. The average Bonchev–Trinajstić information content (AvgIpc) is 3.98. The van der Waals surface area contributed by atoms with Gasteiger partial charge < -0.3 is 29.8 Å². The number of likely N-dealkylation sites (tertiary alicyclic amines) is 1. The van der Waals surface area contributed by atoms with Crippen LogP contribution in [0.1, 0.15) is 46.5 Å². The maximum atomic E-state index is 14.5. The smallest absolute Gasteiger partial charge is 0.349 e. The maximum Gasteiger partial charge on any atom is 0.399 e. The summed E-state index contributed by atoms with van der Waals surface area (Å²) in [4.78, 5) is 82.7. The van der Waals surface area contributed by atoms with E-state index in [1.807, 2.05) is 47.8 Å². The fourth-order valence-corrected chi connectivity index (χ4v) is 8.63. The zero-order valence-electron chi connectivity index (χ0n) is 30.5. The Bertz CT molecular complexity index is 2250. The summed E-state index contributed by atoms with van der Waals surface area (Å²) >= 11 is 2.46. The van der Waals surface area contributed by atoms with Crippen LogP contribution >= 0.6 is 30.3 Å². The van der Waals surface area contributed by atoms with Gasteiger partial charge in [0.2, 0.25) is 17.7 Å². The molecule has 0 radical (unpaired) electrons. The summed E-state index contributed by atoms with van der Waals surface area (Å²) < 4.78 is 40.9. The number of fused-ring (bicyclic) bond motifs is 1. The van der Waals surface area contributed by atoms with Crippen molar-refractivity contribution < 1.29 is 42.3 Å². The van der Waals surface area contributed by atoms with Crippen molar-refractivity contribution in [3.8, 4) is 10.6 Å². The summed E-state index contributed by atoms with van der Waals surface area (Å²) in [5.41, 5.74) is -2.96. The maximum absolute atomic E-state index is 14.5. The van der Waals surface area contributed by atoms with Crippen molar-refractivity contribution in [1.29, 1.82) is 0 Å². The molecule has 2 atom stereocenters. The van der Waals surface area contributed by atoms with Crippen LogP contribution in [0.25, 0.3) is 20.7 Å². The van der Waals surface area contributed by atoms with Crippen molar-refractivity contribution >= 4 is 69.7 Å². The number of hydrogen-bond donors (Lipinski definition) is 3. The van der Waals surface area contributed by atoms with E-state index in [0.717, 1.165) is 39.6 Å². The molecule has 17 heteroatoms. The van der Waals surface area contributed by atoms with Crippen molar-refractivity contribution in [2.75, 3.05) is 32.1 Å². The molecule has 12 nitrogen and oxygen atoms in total. The first-order valence-corrected chi connectivity index (χ1v) is 21.1. The van der Waals surface area contributed by atoms with Gasteiger partial charge in [-0.2, -0.15) is 8.78 Å². The number of rotatable bonds is 14. The second-order valence-corrected chi connectivity index (χ2v) is 17.2. The molecule has 0 spiro atoms. The Kier molecular flexibility index (Phi) is 12.5. The molecule has 1 aliphatic heterocycles. The van der Waals surface area contributed by atoms with E-state index in [1.165, 1.54) is 38.2 Å². The number of nitrogens with one attached hydrogen (secondary N) is 1. The third-order valence-corrected chi connectivity index (χ3v) is 12.5. The molecule has 294 valence electrons. The van der Waals surface area contributed by atoms with Gasteiger partial charge in [-0.3, -0.25) is 23.7 Å². The number of carbonyl (C=O) groups excluding carboxylic acids is 4. The molecule has 2 aromatic heterocycles. The SMILES string of the molecule is CN(C)C(=O)CCN(C(=O)[C@@H]1CCCN1C(=O)C(CCc1ccccc1)NC(=O)c1cc2cc(C(F)(F)P(=O)(O)O)ccc2s1)c1ccc(-c2nccs2)cc1. The Morgan fingerprint density at radius 1 is 1.04 bits per heavy atom. The predicted octanol–water partition coefficient (Wildman–Crippen LogP) is 6.49. The summed E-state index contributed by atoms with van der Waals surface area (Å²) in [6, 6.07) is 19.2. The monoisotopic (exact) mass is 823 g/mol. The van der Waals surface area contributed by atoms with Crippen molar-refractivity contribution in [2.24, 2.45) is 0 Å². The lowest BCUT2D eigenvalue weighted by atomic mass is 10.0. The third-order valence-electron chi connectivity index (χ3n) is 9.61. The van der Waals surface area contributed by atoms with E-state index in [1.54, 1.807) is 32.4 Å². The highest BCUT2D eigenvalue weighted by molar-refractivity contribution is 7.52. The molecule has 1 saturated heterocycles. The fourth-order valence-electron chi connectivity index (χ4n) is 6.57. The highest BCUT2D eigenvalue weighted by atomic mass is 32.1. The van der Waals surface area contributed by atoms with E-state index in [4.69, 9.17) is 0 Å². The quantitative estimate of drug-likeness (QED) is 0.107. The van der Waals surface area contributed by atoms with Gasteiger partial charge in [-0.1, -0.05) is 36.4 Å². The molecule has 3 aromatic carbocycles. The summed E-state index contributed by atoms with van der Waals surface area (Å²) in [7, 11) is -2.54. The van der Waals surface area contributed by atoms with Gasteiger partial charge in [0.05, 0.1) is 4.88 Å². The molecule has 56 heavy (non-hydrogen) atoms. The van der Waals surface area contributed by atoms with E-state index >= 15 is 0 Å². The van der Waals surface area contributed by atoms with Gasteiger partial charge >= 0.3 is 13.3 Å². The molecular weight excluding hydrogens is 784 g/mol. The first-order chi connectivity index (χ1) is 26.6. The number of thiazole rings is 1. The number of amides is 4. The number of carbonyl (C=O) groups is 4. The minimum absolute atomic E-state index is 0.0526. The van der Waals surface area contributed by atoms with Crippen molar-refractivity contribution in [2.45, 2.75) is 49.9 Å². The molecule has 0 aliphatic carbocycles. The number of anilines is 1. The molecule has 4 amide bonds. The Labute approximate surface area is 329 Å². The molecule has 6 rings (SSSR count). The molecule has 5 aromatic rings. The highest BCUT2D eigenvalue weighted by Gasteiger charge is 2.50. The number of aryl methyl sites for hydroxylation is 1. The van der Waals surface area contributed by atoms with Crippen LogP contribution < -0.4 is 10.2 Å². The van der Waals surface area contributed by atoms with Crippen molar-refractivity contribution in [3.63, 3.8) is 0 Å². The Hall–Kier alpha value is -4.86. The third kappa shape index (κ3) is 9.06.